The van der Waals surface area contributed by atoms with Crippen LogP contribution in [0.3, 0.4) is 0 Å². The first-order valence-corrected chi connectivity index (χ1v) is 11.7. The molecule has 0 unspecified atom stereocenters. The minimum atomic E-state index is -0.164. The lowest BCUT2D eigenvalue weighted by Crippen LogP contribution is -2.36. The second-order valence-electron chi connectivity index (χ2n) is 9.24. The van der Waals surface area contributed by atoms with E-state index in [-0.39, 0.29) is 11.4 Å². The first kappa shape index (κ1) is 25.4. The van der Waals surface area contributed by atoms with Gasteiger partial charge >= 0.3 is 6.03 Å². The van der Waals surface area contributed by atoms with Gasteiger partial charge in [-0.05, 0) is 64.9 Å². The summed E-state index contributed by atoms with van der Waals surface area (Å²) in [4.78, 5) is 15.0. The third kappa shape index (κ3) is 6.91. The Balaban J connectivity index is 1.78. The van der Waals surface area contributed by atoms with E-state index in [0.29, 0.717) is 41.7 Å². The summed E-state index contributed by atoms with van der Waals surface area (Å²) in [6.45, 7) is 7.61. The molecular formula is C28H33ClN2O3. The van der Waals surface area contributed by atoms with Crippen molar-refractivity contribution in [1.29, 1.82) is 0 Å². The number of methoxy groups -OCH3 is 2. The SMILES string of the molecule is COc1ccc(CCN(Cc2ccc(C(C)(C)C)cc2)C(=O)Nc2ccc(Cl)cc2)cc1OC. The van der Waals surface area contributed by atoms with Gasteiger partial charge in [-0.2, -0.15) is 0 Å². The van der Waals surface area contributed by atoms with Crippen LogP contribution < -0.4 is 14.8 Å². The molecule has 0 atom stereocenters. The van der Waals surface area contributed by atoms with Gasteiger partial charge in [-0.3, -0.25) is 0 Å². The molecule has 2 amide bonds. The summed E-state index contributed by atoms with van der Waals surface area (Å²) in [5.74, 6) is 1.36. The molecule has 6 heteroatoms. The largest absolute Gasteiger partial charge is 0.493 e. The summed E-state index contributed by atoms with van der Waals surface area (Å²) < 4.78 is 10.8. The molecule has 0 radical (unpaired) electrons. The number of carbonyl (C=O) groups is 1. The lowest BCUT2D eigenvalue weighted by molar-refractivity contribution is 0.209. The van der Waals surface area contributed by atoms with Gasteiger partial charge in [0.25, 0.3) is 0 Å². The Kier molecular flexibility index (Phi) is 8.46. The number of nitrogens with zero attached hydrogens (tertiary/aromatic N) is 1. The molecule has 0 fully saturated rings. The molecule has 3 aromatic rings. The van der Waals surface area contributed by atoms with E-state index < -0.39 is 0 Å². The van der Waals surface area contributed by atoms with E-state index in [1.165, 1.54) is 5.56 Å². The van der Waals surface area contributed by atoms with E-state index in [1.54, 1.807) is 38.5 Å². The number of halogens is 1. The van der Waals surface area contributed by atoms with Gasteiger partial charge in [-0.1, -0.05) is 62.7 Å². The normalized spacial score (nSPS) is 11.1. The van der Waals surface area contributed by atoms with E-state index in [2.05, 4.69) is 50.4 Å². The van der Waals surface area contributed by atoms with Gasteiger partial charge < -0.3 is 19.7 Å². The molecule has 0 bridgehead atoms. The number of hydrogen-bond donors (Lipinski definition) is 1. The van der Waals surface area contributed by atoms with Crippen LogP contribution in [-0.4, -0.2) is 31.7 Å². The molecular weight excluding hydrogens is 448 g/mol. The highest BCUT2D eigenvalue weighted by Crippen LogP contribution is 2.28. The second-order valence-corrected chi connectivity index (χ2v) is 9.68. The van der Waals surface area contributed by atoms with Crippen molar-refractivity contribution in [3.05, 3.63) is 88.4 Å². The smallest absolute Gasteiger partial charge is 0.322 e. The maximum atomic E-state index is 13.2. The molecule has 0 saturated carbocycles. The van der Waals surface area contributed by atoms with Crippen LogP contribution in [0.5, 0.6) is 11.5 Å². The minimum Gasteiger partial charge on any atom is -0.493 e. The van der Waals surface area contributed by atoms with Crippen LogP contribution in [0.1, 0.15) is 37.5 Å². The average Bonchev–Trinajstić information content (AvgIpc) is 2.82. The first-order chi connectivity index (χ1) is 16.2. The van der Waals surface area contributed by atoms with Crippen LogP contribution in [0, 0.1) is 0 Å². The van der Waals surface area contributed by atoms with Gasteiger partial charge in [0.2, 0.25) is 0 Å². The third-order valence-electron chi connectivity index (χ3n) is 5.69. The van der Waals surface area contributed by atoms with Crippen molar-refractivity contribution in [3.8, 4) is 11.5 Å². The van der Waals surface area contributed by atoms with E-state index in [0.717, 1.165) is 11.1 Å². The molecule has 0 aliphatic heterocycles. The first-order valence-electron chi connectivity index (χ1n) is 11.3. The third-order valence-corrected chi connectivity index (χ3v) is 5.95. The zero-order chi connectivity index (χ0) is 24.7. The molecule has 3 aromatic carbocycles. The highest BCUT2D eigenvalue weighted by atomic mass is 35.5. The number of amides is 2. The highest BCUT2D eigenvalue weighted by Gasteiger charge is 2.17. The Morgan fingerprint density at radius 3 is 2.09 bits per heavy atom. The van der Waals surface area contributed by atoms with Crippen molar-refractivity contribution in [3.63, 3.8) is 0 Å². The quantitative estimate of drug-likeness (QED) is 0.380. The molecule has 0 aliphatic carbocycles. The van der Waals surface area contributed by atoms with Crippen LogP contribution >= 0.6 is 11.6 Å². The number of carbonyl (C=O) groups excluding carboxylic acids is 1. The monoisotopic (exact) mass is 480 g/mol. The molecule has 0 aliphatic rings. The van der Waals surface area contributed by atoms with Crippen molar-refractivity contribution < 1.29 is 14.3 Å². The van der Waals surface area contributed by atoms with Gasteiger partial charge in [0.1, 0.15) is 0 Å². The molecule has 5 nitrogen and oxygen atoms in total. The van der Waals surface area contributed by atoms with Gasteiger partial charge in [-0.25, -0.2) is 4.79 Å². The molecule has 0 saturated heterocycles. The zero-order valence-electron chi connectivity index (χ0n) is 20.5. The van der Waals surface area contributed by atoms with Gasteiger partial charge in [0, 0.05) is 23.8 Å². The predicted octanol–water partition coefficient (Wildman–Crippen LogP) is 6.93. The molecule has 180 valence electrons. The fourth-order valence-electron chi connectivity index (χ4n) is 3.62. The standard InChI is InChI=1S/C28H33ClN2O3/c1-28(2,3)22-9-6-21(7-10-22)19-31(27(32)30-24-13-11-23(29)12-14-24)17-16-20-8-15-25(33-4)26(18-20)34-5/h6-15,18H,16-17,19H2,1-5H3,(H,30,32). The second kappa shape index (κ2) is 11.3. The molecule has 0 spiro atoms. The fourth-order valence-corrected chi connectivity index (χ4v) is 3.74. The van der Waals surface area contributed by atoms with Crippen LogP contribution in [0.2, 0.25) is 5.02 Å². The maximum absolute atomic E-state index is 13.2. The van der Waals surface area contributed by atoms with Crippen molar-refractivity contribution in [2.45, 2.75) is 39.2 Å². The van der Waals surface area contributed by atoms with E-state index in [1.807, 2.05) is 23.1 Å². The topological polar surface area (TPSA) is 50.8 Å². The summed E-state index contributed by atoms with van der Waals surface area (Å²) >= 11 is 5.98. The summed E-state index contributed by atoms with van der Waals surface area (Å²) in [7, 11) is 3.24. The minimum absolute atomic E-state index is 0.0809. The zero-order valence-corrected chi connectivity index (χ0v) is 21.3. The van der Waals surface area contributed by atoms with Crippen molar-refractivity contribution in [1.82, 2.24) is 4.90 Å². The number of urea groups is 1. The number of anilines is 1. The Labute approximate surface area is 207 Å². The summed E-state index contributed by atoms with van der Waals surface area (Å²) in [6.07, 6.45) is 0.675. The molecule has 1 N–H and O–H groups in total. The summed E-state index contributed by atoms with van der Waals surface area (Å²) in [5.41, 5.74) is 4.18. The number of ether oxygens (including phenoxy) is 2. The number of rotatable bonds is 8. The summed E-state index contributed by atoms with van der Waals surface area (Å²) in [5, 5.41) is 3.61. The van der Waals surface area contributed by atoms with Crippen molar-refractivity contribution in [2.24, 2.45) is 0 Å². The Morgan fingerprint density at radius 1 is 0.882 bits per heavy atom. The molecule has 3 rings (SSSR count). The van der Waals surface area contributed by atoms with Crippen LogP contribution in [0.4, 0.5) is 10.5 Å². The van der Waals surface area contributed by atoms with Crippen LogP contribution in [0.25, 0.3) is 0 Å². The molecule has 0 aromatic heterocycles. The van der Waals surface area contributed by atoms with E-state index >= 15 is 0 Å². The lowest BCUT2D eigenvalue weighted by Gasteiger charge is -2.24. The number of hydrogen-bond acceptors (Lipinski definition) is 3. The highest BCUT2D eigenvalue weighted by molar-refractivity contribution is 6.30. The van der Waals surface area contributed by atoms with Gasteiger partial charge in [0.15, 0.2) is 11.5 Å². The Hall–Kier alpha value is -3.18. The van der Waals surface area contributed by atoms with Gasteiger partial charge in [-0.15, -0.1) is 0 Å². The molecule has 34 heavy (non-hydrogen) atoms. The van der Waals surface area contributed by atoms with Crippen molar-refractivity contribution in [2.75, 3.05) is 26.1 Å². The Bertz CT molecular complexity index is 1090. The predicted molar refractivity (Wildman–Crippen MR) is 139 cm³/mol. The van der Waals surface area contributed by atoms with Crippen LogP contribution in [0.15, 0.2) is 66.7 Å². The fraction of sp³-hybridized carbons (Fsp3) is 0.321. The van der Waals surface area contributed by atoms with E-state index in [9.17, 15) is 4.79 Å². The average molecular weight is 481 g/mol. The summed E-state index contributed by atoms with van der Waals surface area (Å²) in [6, 6.07) is 21.3. The van der Waals surface area contributed by atoms with Gasteiger partial charge in [0.05, 0.1) is 14.2 Å². The lowest BCUT2D eigenvalue weighted by atomic mass is 9.87. The van der Waals surface area contributed by atoms with Crippen molar-refractivity contribution >= 4 is 23.3 Å². The number of nitrogens with one attached hydrogen (secondary N) is 1. The Morgan fingerprint density at radius 2 is 1.50 bits per heavy atom. The van der Waals surface area contributed by atoms with E-state index in [4.69, 9.17) is 21.1 Å². The van der Waals surface area contributed by atoms with Crippen LogP contribution in [-0.2, 0) is 18.4 Å². The maximum Gasteiger partial charge on any atom is 0.322 e. The number of benzene rings is 3. The molecule has 0 heterocycles.